The van der Waals surface area contributed by atoms with Crippen molar-refractivity contribution >= 4 is 30.8 Å². The quantitative estimate of drug-likeness (QED) is 0.489. The molecule has 0 aliphatic rings. The van der Waals surface area contributed by atoms with Crippen molar-refractivity contribution < 1.29 is 18.0 Å². The van der Waals surface area contributed by atoms with Gasteiger partial charge in [0.1, 0.15) is 0 Å². The van der Waals surface area contributed by atoms with Gasteiger partial charge >= 0.3 is 7.82 Å². The van der Waals surface area contributed by atoms with Crippen molar-refractivity contribution in [2.75, 3.05) is 6.61 Å². The molecule has 124 valence electrons. The summed E-state index contributed by atoms with van der Waals surface area (Å²) in [7, 11) is -4.07. The second kappa shape index (κ2) is 7.47. The Hall–Kier alpha value is -1.69. The smallest absolute Gasteiger partial charge is 0.302 e. The highest BCUT2D eigenvalue weighted by Gasteiger charge is 2.22. The van der Waals surface area contributed by atoms with Gasteiger partial charge in [0, 0.05) is 34.1 Å². The first-order valence-electron chi connectivity index (χ1n) is 7.37. The number of rotatable bonds is 6. The van der Waals surface area contributed by atoms with Crippen LogP contribution in [0.2, 0.25) is 0 Å². The van der Waals surface area contributed by atoms with Crippen molar-refractivity contribution in [2.24, 2.45) is 0 Å². The van der Waals surface area contributed by atoms with Crippen LogP contribution >= 0.6 is 19.9 Å². The summed E-state index contributed by atoms with van der Waals surface area (Å²) in [5.41, 5.74) is 2.68. The highest BCUT2D eigenvalue weighted by atomic mass is 32.2. The molecule has 5 nitrogen and oxygen atoms in total. The number of phosphoric acid groups is 1. The number of pyridine rings is 1. The molecule has 1 unspecified atom stereocenters. The third-order valence-electron chi connectivity index (χ3n) is 3.32. The number of benzene rings is 2. The van der Waals surface area contributed by atoms with Crippen LogP contribution in [0.3, 0.4) is 0 Å². The summed E-state index contributed by atoms with van der Waals surface area (Å²) < 4.78 is 21.5. The monoisotopic (exact) mass is 361 g/mol. The van der Waals surface area contributed by atoms with Crippen LogP contribution in [0.15, 0.2) is 65.7 Å². The van der Waals surface area contributed by atoms with Gasteiger partial charge in [-0.05, 0) is 24.6 Å². The van der Waals surface area contributed by atoms with Gasteiger partial charge in [0.25, 0.3) is 0 Å². The van der Waals surface area contributed by atoms with Gasteiger partial charge in [0.15, 0.2) is 0 Å². The first-order valence-corrected chi connectivity index (χ1v) is 9.61. The molecule has 7 heteroatoms. The van der Waals surface area contributed by atoms with Gasteiger partial charge in [0.05, 0.1) is 12.1 Å². The predicted molar refractivity (Wildman–Crippen MR) is 95.6 cm³/mol. The predicted octanol–water partition coefficient (Wildman–Crippen LogP) is 5.06. The van der Waals surface area contributed by atoms with Gasteiger partial charge in [0.2, 0.25) is 0 Å². The van der Waals surface area contributed by atoms with Gasteiger partial charge < -0.3 is 4.89 Å². The number of aromatic nitrogens is 1. The van der Waals surface area contributed by atoms with E-state index in [1.807, 2.05) is 54.6 Å². The molecular weight excluding hydrogens is 345 g/mol. The molecule has 1 aromatic heterocycles. The zero-order valence-corrected chi connectivity index (χ0v) is 14.7. The Morgan fingerprint density at radius 3 is 2.67 bits per heavy atom. The van der Waals surface area contributed by atoms with Gasteiger partial charge in [-0.1, -0.05) is 42.5 Å². The van der Waals surface area contributed by atoms with E-state index in [4.69, 9.17) is 8.49 Å². The van der Waals surface area contributed by atoms with Crippen LogP contribution in [0.4, 0.5) is 0 Å². The molecule has 2 aromatic carbocycles. The second-order valence-electron chi connectivity index (χ2n) is 4.92. The van der Waals surface area contributed by atoms with Crippen LogP contribution in [0.25, 0.3) is 22.0 Å². The van der Waals surface area contributed by atoms with E-state index in [0.29, 0.717) is 4.90 Å². The molecule has 0 aliphatic carbocycles. The maximum atomic E-state index is 11.7. The van der Waals surface area contributed by atoms with Crippen molar-refractivity contribution in [1.82, 2.24) is 4.98 Å². The van der Waals surface area contributed by atoms with Crippen molar-refractivity contribution in [3.05, 3.63) is 60.8 Å². The van der Waals surface area contributed by atoms with Crippen LogP contribution in [0.5, 0.6) is 0 Å². The Labute approximate surface area is 144 Å². The van der Waals surface area contributed by atoms with Crippen LogP contribution < -0.4 is 0 Å². The Morgan fingerprint density at radius 2 is 1.83 bits per heavy atom. The lowest BCUT2D eigenvalue weighted by Gasteiger charge is -2.13. The number of phosphoric ester groups is 1. The summed E-state index contributed by atoms with van der Waals surface area (Å²) in [5, 5.41) is 1.03. The van der Waals surface area contributed by atoms with Crippen molar-refractivity contribution in [3.8, 4) is 11.1 Å². The maximum Gasteiger partial charge on any atom is 0.483 e. The lowest BCUT2D eigenvalue weighted by molar-refractivity contribution is 0.222. The normalized spacial score (nSPS) is 13.8. The molecule has 0 bridgehead atoms. The summed E-state index contributed by atoms with van der Waals surface area (Å²) in [5.74, 6) is 0. The molecule has 3 rings (SSSR count). The molecule has 0 aliphatic heterocycles. The van der Waals surface area contributed by atoms with E-state index in [9.17, 15) is 9.46 Å². The molecule has 0 spiro atoms. The molecule has 24 heavy (non-hydrogen) atoms. The molecule has 1 atom stereocenters. The minimum absolute atomic E-state index is 0.100. The molecule has 0 saturated heterocycles. The van der Waals surface area contributed by atoms with Gasteiger partial charge in [-0.2, -0.15) is 0 Å². The number of fused-ring (bicyclic) bond motifs is 1. The zero-order chi connectivity index (χ0) is 17.0. The van der Waals surface area contributed by atoms with Crippen LogP contribution in [-0.2, 0) is 13.1 Å². The largest absolute Gasteiger partial charge is 0.483 e. The fourth-order valence-electron chi connectivity index (χ4n) is 2.36. The van der Waals surface area contributed by atoms with Gasteiger partial charge in [-0.3, -0.25) is 9.51 Å². The summed E-state index contributed by atoms with van der Waals surface area (Å²) in [6.07, 6.45) is 1.75. The Bertz CT molecular complexity index is 897. The third kappa shape index (κ3) is 3.86. The van der Waals surface area contributed by atoms with Crippen LogP contribution in [0, 0.1) is 0 Å². The summed E-state index contributed by atoms with van der Waals surface area (Å²) >= 11 is 0.831. The summed E-state index contributed by atoms with van der Waals surface area (Å²) in [4.78, 5) is 14.8. The van der Waals surface area contributed by atoms with E-state index in [-0.39, 0.29) is 6.61 Å². The van der Waals surface area contributed by atoms with E-state index in [1.165, 1.54) is 0 Å². The molecule has 0 fully saturated rings. The van der Waals surface area contributed by atoms with Gasteiger partial charge in [-0.15, -0.1) is 0 Å². The van der Waals surface area contributed by atoms with E-state index < -0.39 is 7.82 Å². The topological polar surface area (TPSA) is 68.7 Å². The lowest BCUT2D eigenvalue weighted by atomic mass is 10.0. The highest BCUT2D eigenvalue weighted by Crippen LogP contribution is 2.50. The molecule has 3 aromatic rings. The molecule has 0 radical (unpaired) electrons. The van der Waals surface area contributed by atoms with Crippen molar-refractivity contribution in [3.63, 3.8) is 0 Å². The highest BCUT2D eigenvalue weighted by molar-refractivity contribution is 7.98. The molecular formula is C17H16NO4PS. The molecule has 1 heterocycles. The fraction of sp³-hybridized carbons (Fsp3) is 0.118. The minimum atomic E-state index is -4.07. The minimum Gasteiger partial charge on any atom is -0.302 e. The average Bonchev–Trinajstić information content (AvgIpc) is 2.60. The van der Waals surface area contributed by atoms with E-state index in [0.717, 1.165) is 34.1 Å². The second-order valence-corrected chi connectivity index (χ2v) is 7.32. The van der Waals surface area contributed by atoms with Gasteiger partial charge in [-0.25, -0.2) is 8.54 Å². The standard InChI is InChI=1S/C17H16NO4PS/c1-2-21-23(19,20)22-24-16-11-4-3-9-14(16)15-10-5-7-13-8-6-12-18-17(13)15/h3-12H,2H2,1H3,(H,19,20). The summed E-state index contributed by atoms with van der Waals surface area (Å²) in [6.45, 7) is 1.73. The number of nitrogens with zero attached hydrogens (tertiary/aromatic N) is 1. The van der Waals surface area contributed by atoms with Crippen LogP contribution in [0.1, 0.15) is 6.92 Å². The summed E-state index contributed by atoms with van der Waals surface area (Å²) in [6, 6.07) is 17.3. The van der Waals surface area contributed by atoms with E-state index in [1.54, 1.807) is 13.1 Å². The molecule has 0 amide bonds. The maximum absolute atomic E-state index is 11.7. The van der Waals surface area contributed by atoms with Crippen molar-refractivity contribution in [1.29, 1.82) is 0 Å². The number of hydrogen-bond donors (Lipinski definition) is 1. The number of para-hydroxylation sites is 1. The van der Waals surface area contributed by atoms with E-state index in [2.05, 4.69) is 4.98 Å². The lowest BCUT2D eigenvalue weighted by Crippen LogP contribution is -1.91. The third-order valence-corrected chi connectivity index (χ3v) is 5.50. The first-order chi connectivity index (χ1) is 11.6. The molecule has 0 saturated carbocycles. The van der Waals surface area contributed by atoms with Crippen molar-refractivity contribution in [2.45, 2.75) is 11.8 Å². The number of hydrogen-bond acceptors (Lipinski definition) is 5. The Kier molecular flexibility index (Phi) is 5.33. The first kappa shape index (κ1) is 17.1. The average molecular weight is 361 g/mol. The fourth-order valence-corrected chi connectivity index (χ4v) is 3.95. The Morgan fingerprint density at radius 1 is 1.08 bits per heavy atom. The van der Waals surface area contributed by atoms with Crippen LogP contribution in [-0.4, -0.2) is 16.5 Å². The Balaban J connectivity index is 1.99. The SMILES string of the molecule is CCOP(=O)(O)OSc1ccccc1-c1cccc2cccnc12. The zero-order valence-electron chi connectivity index (χ0n) is 13.0. The molecule has 1 N–H and O–H groups in total. The van der Waals surface area contributed by atoms with E-state index >= 15 is 0 Å².